The van der Waals surface area contributed by atoms with Crippen LogP contribution in [0.15, 0.2) is 17.5 Å². The van der Waals surface area contributed by atoms with E-state index in [1.807, 2.05) is 22.4 Å². The van der Waals surface area contributed by atoms with Gasteiger partial charge in [0.05, 0.1) is 11.4 Å². The van der Waals surface area contributed by atoms with Crippen molar-refractivity contribution in [2.45, 2.75) is 19.4 Å². The van der Waals surface area contributed by atoms with Gasteiger partial charge in [0.2, 0.25) is 11.0 Å². The van der Waals surface area contributed by atoms with E-state index in [9.17, 15) is 9.59 Å². The average Bonchev–Trinajstić information content (AvgIpc) is 3.27. The number of nitrogens with one attached hydrogen (secondary N) is 1. The van der Waals surface area contributed by atoms with Gasteiger partial charge in [0.15, 0.2) is 5.78 Å². The number of Topliss-reactive ketones (excluding diaryl/α,β-unsaturated/α-hetero) is 1. The van der Waals surface area contributed by atoms with E-state index >= 15 is 0 Å². The molecule has 2 aromatic heterocycles. The Balaban J connectivity index is 1.51. The number of hydrogen-bond acceptors (Lipinski definition) is 8. The summed E-state index contributed by atoms with van der Waals surface area (Å²) in [6, 6.07) is 3.76. The summed E-state index contributed by atoms with van der Waals surface area (Å²) in [5, 5.41) is 13.7. The number of rotatable bonds is 7. The molecule has 0 aliphatic carbocycles. The van der Waals surface area contributed by atoms with Crippen LogP contribution in [0.2, 0.25) is 0 Å². The molecule has 3 rings (SSSR count). The van der Waals surface area contributed by atoms with Gasteiger partial charge >= 0.3 is 0 Å². The number of methoxy groups -OCH3 is 1. The molecule has 134 valence electrons. The van der Waals surface area contributed by atoms with Gasteiger partial charge < -0.3 is 4.74 Å². The van der Waals surface area contributed by atoms with Gasteiger partial charge in [-0.15, -0.1) is 21.5 Å². The Labute approximate surface area is 154 Å². The first-order valence-electron chi connectivity index (χ1n) is 8.07. The molecule has 3 heterocycles. The van der Waals surface area contributed by atoms with Crippen LogP contribution in [0.25, 0.3) is 0 Å². The molecular weight excluding hydrogens is 360 g/mol. The summed E-state index contributed by atoms with van der Waals surface area (Å²) >= 11 is 2.78. The zero-order valence-electron chi connectivity index (χ0n) is 13.9. The summed E-state index contributed by atoms with van der Waals surface area (Å²) in [6.45, 7) is 2.08. The van der Waals surface area contributed by atoms with E-state index in [1.54, 1.807) is 7.11 Å². The van der Waals surface area contributed by atoms with Crippen LogP contribution < -0.4 is 5.32 Å². The summed E-state index contributed by atoms with van der Waals surface area (Å²) in [5.41, 5.74) is 0. The van der Waals surface area contributed by atoms with Gasteiger partial charge in [-0.05, 0) is 30.8 Å². The fourth-order valence-electron chi connectivity index (χ4n) is 2.88. The van der Waals surface area contributed by atoms with Crippen LogP contribution in [0.1, 0.15) is 27.5 Å². The van der Waals surface area contributed by atoms with Crippen LogP contribution in [-0.2, 0) is 16.1 Å². The van der Waals surface area contributed by atoms with Crippen molar-refractivity contribution in [2.24, 2.45) is 5.92 Å². The van der Waals surface area contributed by atoms with Crippen LogP contribution in [0.4, 0.5) is 5.13 Å². The predicted molar refractivity (Wildman–Crippen MR) is 97.1 cm³/mol. The number of ether oxygens (including phenoxy) is 1. The largest absolute Gasteiger partial charge is 0.377 e. The number of piperidine rings is 1. The van der Waals surface area contributed by atoms with Gasteiger partial charge in [-0.1, -0.05) is 17.4 Å². The first-order chi connectivity index (χ1) is 12.2. The van der Waals surface area contributed by atoms with Crippen LogP contribution in [0.5, 0.6) is 0 Å². The van der Waals surface area contributed by atoms with Crippen molar-refractivity contribution in [3.8, 4) is 0 Å². The van der Waals surface area contributed by atoms with Gasteiger partial charge in [0.25, 0.3) is 0 Å². The standard InChI is InChI=1S/C16H20N4O3S2/c1-23-10-14-18-19-16(25-14)17-13(21)9-20-6-2-4-11(8-20)15(22)12-5-3-7-24-12/h3,5,7,11H,2,4,6,8-10H2,1H3,(H,17,19,21). The predicted octanol–water partition coefficient (Wildman–Crippen LogP) is 2.28. The number of aromatic nitrogens is 2. The lowest BCUT2D eigenvalue weighted by atomic mass is 9.93. The second-order valence-electron chi connectivity index (χ2n) is 5.90. The smallest absolute Gasteiger partial charge is 0.240 e. The topological polar surface area (TPSA) is 84.4 Å². The van der Waals surface area contributed by atoms with Gasteiger partial charge in [0.1, 0.15) is 11.6 Å². The number of carbonyl (C=O) groups is 2. The SMILES string of the molecule is COCc1nnc(NC(=O)CN2CCCC(C(=O)c3cccs3)C2)s1. The minimum atomic E-state index is -0.135. The van der Waals surface area contributed by atoms with Crippen molar-refractivity contribution in [3.63, 3.8) is 0 Å². The number of nitrogens with zero attached hydrogens (tertiary/aromatic N) is 3. The number of carbonyl (C=O) groups excluding carboxylic acids is 2. The summed E-state index contributed by atoms with van der Waals surface area (Å²) in [6.07, 6.45) is 1.80. The maximum absolute atomic E-state index is 12.5. The Morgan fingerprint density at radius 1 is 1.44 bits per heavy atom. The molecule has 0 bridgehead atoms. The Hall–Kier alpha value is -1.68. The quantitative estimate of drug-likeness (QED) is 0.742. The molecule has 1 fully saturated rings. The van der Waals surface area contributed by atoms with E-state index in [4.69, 9.17) is 4.74 Å². The monoisotopic (exact) mass is 380 g/mol. The summed E-state index contributed by atoms with van der Waals surface area (Å²) < 4.78 is 4.99. The molecule has 0 saturated carbocycles. The van der Waals surface area contributed by atoms with Crippen molar-refractivity contribution in [1.29, 1.82) is 0 Å². The van der Waals surface area contributed by atoms with Crippen LogP contribution in [-0.4, -0.2) is 53.5 Å². The maximum Gasteiger partial charge on any atom is 0.240 e. The van der Waals surface area contributed by atoms with Crippen molar-refractivity contribution >= 4 is 39.5 Å². The lowest BCUT2D eigenvalue weighted by Crippen LogP contribution is -2.42. The number of ketones is 1. The van der Waals surface area contributed by atoms with E-state index in [1.165, 1.54) is 22.7 Å². The molecule has 1 amide bonds. The molecule has 1 aliphatic heterocycles. The molecule has 7 nitrogen and oxygen atoms in total. The lowest BCUT2D eigenvalue weighted by Gasteiger charge is -2.31. The molecule has 0 spiro atoms. The Bertz CT molecular complexity index is 717. The van der Waals surface area contributed by atoms with E-state index in [-0.39, 0.29) is 24.2 Å². The number of amides is 1. The van der Waals surface area contributed by atoms with Crippen molar-refractivity contribution in [2.75, 3.05) is 32.1 Å². The molecule has 1 saturated heterocycles. The van der Waals surface area contributed by atoms with Crippen molar-refractivity contribution < 1.29 is 14.3 Å². The molecule has 1 unspecified atom stereocenters. The minimum Gasteiger partial charge on any atom is -0.377 e. The molecule has 2 aromatic rings. The molecule has 1 N–H and O–H groups in total. The van der Waals surface area contributed by atoms with E-state index < -0.39 is 0 Å². The van der Waals surface area contributed by atoms with Gasteiger partial charge in [0, 0.05) is 19.6 Å². The van der Waals surface area contributed by atoms with Crippen LogP contribution in [0, 0.1) is 5.92 Å². The highest BCUT2D eigenvalue weighted by Crippen LogP contribution is 2.23. The highest BCUT2D eigenvalue weighted by molar-refractivity contribution is 7.15. The Morgan fingerprint density at radius 2 is 2.32 bits per heavy atom. The fraction of sp³-hybridized carbons (Fsp3) is 0.500. The molecule has 0 aromatic carbocycles. The van der Waals surface area contributed by atoms with E-state index in [0.29, 0.717) is 18.3 Å². The number of anilines is 1. The second-order valence-corrected chi connectivity index (χ2v) is 7.91. The molecular formula is C16H20N4O3S2. The summed E-state index contributed by atoms with van der Waals surface area (Å²) in [5.74, 6) is 0.0211. The first-order valence-corrected chi connectivity index (χ1v) is 9.76. The molecule has 1 atom stereocenters. The summed E-state index contributed by atoms with van der Waals surface area (Å²) in [4.78, 5) is 27.6. The van der Waals surface area contributed by atoms with Gasteiger partial charge in [-0.25, -0.2) is 0 Å². The number of likely N-dealkylation sites (tertiary alicyclic amines) is 1. The zero-order chi connectivity index (χ0) is 17.6. The molecule has 0 radical (unpaired) electrons. The molecule has 25 heavy (non-hydrogen) atoms. The Morgan fingerprint density at radius 3 is 3.08 bits per heavy atom. The van der Waals surface area contributed by atoms with Crippen molar-refractivity contribution in [1.82, 2.24) is 15.1 Å². The fourth-order valence-corrected chi connectivity index (χ4v) is 4.35. The number of thiophene rings is 1. The normalized spacial score (nSPS) is 18.2. The van der Waals surface area contributed by atoms with Gasteiger partial charge in [-0.2, -0.15) is 0 Å². The lowest BCUT2D eigenvalue weighted by molar-refractivity contribution is -0.117. The Kier molecular flexibility index (Phi) is 6.24. The highest BCUT2D eigenvalue weighted by atomic mass is 32.1. The van der Waals surface area contributed by atoms with E-state index in [2.05, 4.69) is 15.5 Å². The highest BCUT2D eigenvalue weighted by Gasteiger charge is 2.28. The third-order valence-corrected chi connectivity index (χ3v) is 5.69. The maximum atomic E-state index is 12.5. The van der Waals surface area contributed by atoms with Gasteiger partial charge in [-0.3, -0.25) is 19.8 Å². The molecule has 9 heteroatoms. The van der Waals surface area contributed by atoms with E-state index in [0.717, 1.165) is 29.3 Å². The summed E-state index contributed by atoms with van der Waals surface area (Å²) in [7, 11) is 1.59. The third-order valence-electron chi connectivity index (χ3n) is 3.99. The van der Waals surface area contributed by atoms with Crippen LogP contribution in [0.3, 0.4) is 0 Å². The van der Waals surface area contributed by atoms with Crippen molar-refractivity contribution in [3.05, 3.63) is 27.4 Å². The number of hydrogen-bond donors (Lipinski definition) is 1. The first kappa shape index (κ1) is 18.1. The second kappa shape index (κ2) is 8.61. The third kappa shape index (κ3) is 4.91. The minimum absolute atomic E-state index is 0.0324. The molecule has 1 aliphatic rings. The average molecular weight is 380 g/mol. The van der Waals surface area contributed by atoms with Crippen LogP contribution >= 0.6 is 22.7 Å². The zero-order valence-corrected chi connectivity index (χ0v) is 15.6.